The van der Waals surface area contributed by atoms with Gasteiger partial charge in [-0.1, -0.05) is 0 Å². The van der Waals surface area contributed by atoms with Crippen LogP contribution in [0.3, 0.4) is 0 Å². The van der Waals surface area contributed by atoms with Gasteiger partial charge in [-0.15, -0.1) is 0 Å². The Bertz CT molecular complexity index is 752. The lowest BCUT2D eigenvalue weighted by atomic mass is 10.2. The second kappa shape index (κ2) is 2.95. The number of rotatable bonds is 0. The SMILES string of the molecule is Cc1cc2c(=O)n(C)c3cccn3c2cn1. The van der Waals surface area contributed by atoms with E-state index in [4.69, 9.17) is 0 Å². The number of fused-ring (bicyclic) bond motifs is 3. The largest absolute Gasteiger partial charge is 0.301 e. The summed E-state index contributed by atoms with van der Waals surface area (Å²) < 4.78 is 3.63. The van der Waals surface area contributed by atoms with Gasteiger partial charge in [0.2, 0.25) is 0 Å². The maximum Gasteiger partial charge on any atom is 0.261 e. The minimum Gasteiger partial charge on any atom is -0.301 e. The van der Waals surface area contributed by atoms with Crippen LogP contribution >= 0.6 is 0 Å². The maximum absolute atomic E-state index is 12.1. The number of hydrogen-bond donors (Lipinski definition) is 0. The van der Waals surface area contributed by atoms with Gasteiger partial charge in [-0.2, -0.15) is 0 Å². The van der Waals surface area contributed by atoms with Crippen LogP contribution in [0.25, 0.3) is 16.6 Å². The van der Waals surface area contributed by atoms with E-state index in [9.17, 15) is 4.79 Å². The number of aryl methyl sites for hydroxylation is 2. The van der Waals surface area contributed by atoms with Crippen LogP contribution in [0.15, 0.2) is 35.4 Å². The third-order valence-electron chi connectivity index (χ3n) is 2.89. The van der Waals surface area contributed by atoms with Crippen LogP contribution < -0.4 is 5.56 Å². The molecule has 0 aliphatic rings. The van der Waals surface area contributed by atoms with Gasteiger partial charge in [-0.25, -0.2) is 0 Å². The monoisotopic (exact) mass is 213 g/mol. The smallest absolute Gasteiger partial charge is 0.261 e. The fourth-order valence-electron chi connectivity index (χ4n) is 2.05. The molecule has 0 amide bonds. The second-order valence-corrected chi connectivity index (χ2v) is 3.94. The van der Waals surface area contributed by atoms with Crippen molar-refractivity contribution >= 4 is 16.6 Å². The van der Waals surface area contributed by atoms with Crippen LogP contribution in [0, 0.1) is 6.92 Å². The summed E-state index contributed by atoms with van der Waals surface area (Å²) in [6.45, 7) is 1.89. The first-order valence-corrected chi connectivity index (χ1v) is 5.11. The van der Waals surface area contributed by atoms with Crippen LogP contribution in [0.2, 0.25) is 0 Å². The van der Waals surface area contributed by atoms with E-state index in [0.717, 1.165) is 16.9 Å². The third-order valence-corrected chi connectivity index (χ3v) is 2.89. The van der Waals surface area contributed by atoms with Crippen LogP contribution in [0.1, 0.15) is 5.69 Å². The van der Waals surface area contributed by atoms with E-state index in [1.165, 1.54) is 0 Å². The average molecular weight is 213 g/mol. The van der Waals surface area contributed by atoms with Crippen LogP contribution in [-0.2, 0) is 7.05 Å². The molecule has 4 heteroatoms. The minimum absolute atomic E-state index is 0.0201. The normalized spacial score (nSPS) is 11.4. The van der Waals surface area contributed by atoms with Gasteiger partial charge >= 0.3 is 0 Å². The third kappa shape index (κ3) is 1.04. The van der Waals surface area contributed by atoms with E-state index in [1.807, 2.05) is 35.7 Å². The average Bonchev–Trinajstić information content (AvgIpc) is 2.75. The van der Waals surface area contributed by atoms with Gasteiger partial charge in [0.05, 0.1) is 17.1 Å². The second-order valence-electron chi connectivity index (χ2n) is 3.94. The zero-order valence-electron chi connectivity index (χ0n) is 9.14. The highest BCUT2D eigenvalue weighted by Crippen LogP contribution is 2.13. The summed E-state index contributed by atoms with van der Waals surface area (Å²) in [5.74, 6) is 0. The molecule has 0 unspecified atom stereocenters. The molecule has 0 aromatic carbocycles. The summed E-state index contributed by atoms with van der Waals surface area (Å²) in [4.78, 5) is 16.4. The molecule has 0 radical (unpaired) electrons. The van der Waals surface area contributed by atoms with Crippen molar-refractivity contribution in [1.82, 2.24) is 14.0 Å². The van der Waals surface area contributed by atoms with Gasteiger partial charge in [0.1, 0.15) is 5.65 Å². The van der Waals surface area contributed by atoms with Gasteiger partial charge < -0.3 is 4.40 Å². The summed E-state index contributed by atoms with van der Waals surface area (Å²) in [6.07, 6.45) is 3.69. The lowest BCUT2D eigenvalue weighted by Crippen LogP contribution is -2.19. The molecule has 0 atom stereocenters. The van der Waals surface area contributed by atoms with E-state index in [0.29, 0.717) is 5.39 Å². The first kappa shape index (κ1) is 9.15. The number of hydrogen-bond acceptors (Lipinski definition) is 2. The molecule has 4 nitrogen and oxygen atoms in total. The molecular formula is C12H11N3O. The Kier molecular flexibility index (Phi) is 1.68. The Morgan fingerprint density at radius 2 is 2.19 bits per heavy atom. The quantitative estimate of drug-likeness (QED) is 0.567. The predicted molar refractivity (Wildman–Crippen MR) is 62.7 cm³/mol. The highest BCUT2D eigenvalue weighted by Gasteiger charge is 2.07. The molecule has 0 bridgehead atoms. The van der Waals surface area contributed by atoms with E-state index < -0.39 is 0 Å². The molecule has 0 saturated carbocycles. The molecule has 0 saturated heterocycles. The molecule has 0 aliphatic heterocycles. The Hall–Kier alpha value is -2.10. The van der Waals surface area contributed by atoms with Gasteiger partial charge in [0, 0.05) is 18.9 Å². The summed E-state index contributed by atoms with van der Waals surface area (Å²) in [5, 5.41) is 0.707. The predicted octanol–water partition coefficient (Wildman–Crippen LogP) is 1.49. The summed E-state index contributed by atoms with van der Waals surface area (Å²) in [7, 11) is 1.78. The summed E-state index contributed by atoms with van der Waals surface area (Å²) >= 11 is 0. The number of aromatic nitrogens is 3. The maximum atomic E-state index is 12.1. The van der Waals surface area contributed by atoms with Gasteiger partial charge in [-0.3, -0.25) is 14.3 Å². The van der Waals surface area contributed by atoms with Crippen LogP contribution in [0.4, 0.5) is 0 Å². The van der Waals surface area contributed by atoms with Gasteiger partial charge in [0.25, 0.3) is 5.56 Å². The van der Waals surface area contributed by atoms with Crippen LogP contribution in [-0.4, -0.2) is 14.0 Å². The van der Waals surface area contributed by atoms with E-state index in [2.05, 4.69) is 4.98 Å². The van der Waals surface area contributed by atoms with Crippen LogP contribution in [0.5, 0.6) is 0 Å². The Morgan fingerprint density at radius 3 is 3.00 bits per heavy atom. The standard InChI is InChI=1S/C12H11N3O/c1-8-6-9-10(7-13-8)15-5-3-4-11(15)14(2)12(9)16/h3-7H,1-2H3. The number of pyridine rings is 1. The van der Waals surface area contributed by atoms with Crippen molar-refractivity contribution in [2.45, 2.75) is 6.92 Å². The lowest BCUT2D eigenvalue weighted by Gasteiger charge is -2.07. The summed E-state index contributed by atoms with van der Waals surface area (Å²) in [6, 6.07) is 5.67. The van der Waals surface area contributed by atoms with Crippen molar-refractivity contribution < 1.29 is 0 Å². The van der Waals surface area contributed by atoms with E-state index >= 15 is 0 Å². The highest BCUT2D eigenvalue weighted by molar-refractivity contribution is 5.80. The zero-order valence-corrected chi connectivity index (χ0v) is 9.14. The molecule has 0 fully saturated rings. The molecule has 3 aromatic rings. The Labute approximate surface area is 91.8 Å². The van der Waals surface area contributed by atoms with E-state index in [-0.39, 0.29) is 5.56 Å². The summed E-state index contributed by atoms with van der Waals surface area (Å²) in [5.41, 5.74) is 2.61. The molecule has 16 heavy (non-hydrogen) atoms. The fraction of sp³-hybridized carbons (Fsp3) is 0.167. The molecule has 80 valence electrons. The van der Waals surface area contributed by atoms with Crippen molar-refractivity contribution in [3.63, 3.8) is 0 Å². The zero-order chi connectivity index (χ0) is 11.3. The van der Waals surface area contributed by atoms with Crippen molar-refractivity contribution in [3.8, 4) is 0 Å². The lowest BCUT2D eigenvalue weighted by molar-refractivity contribution is 0.880. The Balaban J connectivity index is 2.71. The molecular weight excluding hydrogens is 202 g/mol. The molecule has 0 spiro atoms. The Morgan fingerprint density at radius 1 is 1.38 bits per heavy atom. The van der Waals surface area contributed by atoms with Crippen molar-refractivity contribution in [2.75, 3.05) is 0 Å². The fourth-order valence-corrected chi connectivity index (χ4v) is 2.05. The highest BCUT2D eigenvalue weighted by atomic mass is 16.1. The van der Waals surface area contributed by atoms with E-state index in [1.54, 1.807) is 17.8 Å². The molecule has 0 aliphatic carbocycles. The topological polar surface area (TPSA) is 39.3 Å². The van der Waals surface area contributed by atoms with Crippen molar-refractivity contribution in [3.05, 3.63) is 46.6 Å². The first-order valence-electron chi connectivity index (χ1n) is 5.11. The number of nitrogens with zero attached hydrogens (tertiary/aromatic N) is 3. The first-order chi connectivity index (χ1) is 7.68. The molecule has 0 N–H and O–H groups in total. The molecule has 3 rings (SSSR count). The van der Waals surface area contributed by atoms with Gasteiger partial charge in [-0.05, 0) is 25.1 Å². The van der Waals surface area contributed by atoms with Crippen molar-refractivity contribution in [1.29, 1.82) is 0 Å². The minimum atomic E-state index is 0.0201. The molecule has 3 heterocycles. The van der Waals surface area contributed by atoms with Crippen molar-refractivity contribution in [2.24, 2.45) is 7.05 Å². The molecule has 3 aromatic heterocycles. The van der Waals surface area contributed by atoms with Gasteiger partial charge in [0.15, 0.2) is 0 Å².